The minimum atomic E-state index is -1.62. The van der Waals surface area contributed by atoms with Crippen LogP contribution in [-0.4, -0.2) is 59.6 Å². The van der Waals surface area contributed by atoms with Gasteiger partial charge in [0.15, 0.2) is 11.4 Å². The van der Waals surface area contributed by atoms with Gasteiger partial charge < -0.3 is 14.2 Å². The molecule has 8 heteroatoms. The number of hydrogen-bond donors (Lipinski definition) is 0. The number of carbonyl (C=O) groups is 4. The summed E-state index contributed by atoms with van der Waals surface area (Å²) in [6.45, 7) is 6.64. The Labute approximate surface area is 152 Å². The Bertz CT molecular complexity index is 648. The van der Waals surface area contributed by atoms with Gasteiger partial charge in [0.1, 0.15) is 18.1 Å². The first-order valence-corrected chi connectivity index (χ1v) is 8.46. The second-order valence-electron chi connectivity index (χ2n) is 7.59. The Hall–Kier alpha value is -2.38. The lowest BCUT2D eigenvalue weighted by molar-refractivity contribution is -0.181. The predicted octanol–water partition coefficient (Wildman–Crippen LogP) is 1.62. The summed E-state index contributed by atoms with van der Waals surface area (Å²) < 4.78 is 15.4. The minimum absolute atomic E-state index is 0.180. The molecule has 2 aliphatic heterocycles. The second kappa shape index (κ2) is 7.09. The number of fused-ring (bicyclic) bond motifs is 2. The number of amides is 1. The van der Waals surface area contributed by atoms with E-state index in [0.717, 1.165) is 0 Å². The van der Waals surface area contributed by atoms with Crippen molar-refractivity contribution in [2.24, 2.45) is 5.92 Å². The molecule has 3 aliphatic rings. The summed E-state index contributed by atoms with van der Waals surface area (Å²) in [5, 5.41) is 0. The molecule has 0 unspecified atom stereocenters. The van der Waals surface area contributed by atoms with Crippen LogP contribution in [0.1, 0.15) is 40.5 Å². The minimum Gasteiger partial charge on any atom is -0.460 e. The molecular formula is C18H25NO7. The second-order valence-corrected chi connectivity index (χ2v) is 7.59. The van der Waals surface area contributed by atoms with Crippen LogP contribution in [0.3, 0.4) is 0 Å². The fourth-order valence-corrected chi connectivity index (χ4v) is 3.50. The van der Waals surface area contributed by atoms with Crippen molar-refractivity contribution < 1.29 is 33.4 Å². The zero-order valence-electron chi connectivity index (χ0n) is 15.7. The van der Waals surface area contributed by atoms with Crippen molar-refractivity contribution in [2.45, 2.75) is 57.8 Å². The van der Waals surface area contributed by atoms with E-state index in [1.807, 2.05) is 6.08 Å². The number of ether oxygens (including phenoxy) is 3. The first kappa shape index (κ1) is 19.9. The summed E-state index contributed by atoms with van der Waals surface area (Å²) in [4.78, 5) is 50.3. The van der Waals surface area contributed by atoms with Gasteiger partial charge in [-0.2, -0.15) is 0 Å². The molecule has 0 spiro atoms. The van der Waals surface area contributed by atoms with Crippen LogP contribution in [0.5, 0.6) is 0 Å². The van der Waals surface area contributed by atoms with E-state index in [1.165, 1.54) is 18.9 Å². The van der Waals surface area contributed by atoms with E-state index in [9.17, 15) is 19.2 Å². The molecule has 1 aliphatic carbocycles. The zero-order chi connectivity index (χ0) is 19.7. The largest absolute Gasteiger partial charge is 0.460 e. The normalized spacial score (nSPS) is 27.0. The van der Waals surface area contributed by atoms with E-state index < -0.39 is 47.5 Å². The quantitative estimate of drug-likeness (QED) is 0.322. The number of nitrogens with zero attached hydrogens (tertiary/aromatic N) is 1. The van der Waals surface area contributed by atoms with E-state index in [1.54, 1.807) is 26.8 Å². The molecule has 0 N–H and O–H groups in total. The highest BCUT2D eigenvalue weighted by Gasteiger charge is 2.58. The number of Topliss-reactive ketones (excluding diaryl/α,β-unsaturated/α-hetero) is 1. The highest BCUT2D eigenvalue weighted by Crippen LogP contribution is 2.41. The van der Waals surface area contributed by atoms with Crippen LogP contribution in [0.4, 0.5) is 4.79 Å². The van der Waals surface area contributed by atoms with Crippen molar-refractivity contribution in [1.29, 1.82) is 0 Å². The lowest BCUT2D eigenvalue weighted by Crippen LogP contribution is -2.67. The smallest absolute Gasteiger partial charge is 0.410 e. The van der Waals surface area contributed by atoms with Crippen LogP contribution >= 0.6 is 0 Å². The molecule has 0 radical (unpaired) electrons. The molecule has 26 heavy (non-hydrogen) atoms. The van der Waals surface area contributed by atoms with Gasteiger partial charge in [0.05, 0.1) is 7.11 Å². The maximum absolute atomic E-state index is 13.0. The monoisotopic (exact) mass is 367 g/mol. The van der Waals surface area contributed by atoms with Crippen LogP contribution in [-0.2, 0) is 28.6 Å². The van der Waals surface area contributed by atoms with E-state index in [0.29, 0.717) is 6.54 Å². The average Bonchev–Trinajstić information content (AvgIpc) is 2.51. The summed E-state index contributed by atoms with van der Waals surface area (Å²) in [5.74, 6) is -2.13. The standard InChI is InChI=1S/C18H25NO7/c1-11(20)25-18(14(21)8-15(22)26-17(2,3)4)9-12-6-7-13(18)19(10-12)16(23)24-5/h6-7,12-13H,8-10H2,1-5H3/t12-,13+,18+/m1/s1. The molecule has 0 aromatic heterocycles. The number of rotatable bonds is 4. The highest BCUT2D eigenvalue weighted by atomic mass is 16.6. The van der Waals surface area contributed by atoms with Crippen LogP contribution in [0.25, 0.3) is 0 Å². The third-order valence-corrected chi connectivity index (χ3v) is 4.31. The fourth-order valence-electron chi connectivity index (χ4n) is 3.50. The molecule has 1 saturated heterocycles. The topological polar surface area (TPSA) is 99.2 Å². The lowest BCUT2D eigenvalue weighted by atomic mass is 9.71. The maximum atomic E-state index is 13.0. The SMILES string of the molecule is COC(=O)N1C[C@@H]2C=C[C@H]1[C@](OC(C)=O)(C(=O)CC(=O)OC(C)(C)C)C2. The molecule has 0 aromatic rings. The van der Waals surface area contributed by atoms with Crippen molar-refractivity contribution in [3.63, 3.8) is 0 Å². The van der Waals surface area contributed by atoms with Gasteiger partial charge in [-0.3, -0.25) is 19.3 Å². The summed E-state index contributed by atoms with van der Waals surface area (Å²) in [6.07, 6.45) is 2.59. The Kier molecular flexibility index (Phi) is 5.44. The van der Waals surface area contributed by atoms with Gasteiger partial charge in [-0.25, -0.2) is 4.79 Å². The number of esters is 2. The van der Waals surface area contributed by atoms with Crippen molar-refractivity contribution >= 4 is 23.8 Å². The van der Waals surface area contributed by atoms with Gasteiger partial charge in [0.25, 0.3) is 0 Å². The molecule has 2 bridgehead atoms. The van der Waals surface area contributed by atoms with E-state index in [-0.39, 0.29) is 12.3 Å². The summed E-state index contributed by atoms with van der Waals surface area (Å²) in [6, 6.07) is -0.821. The van der Waals surface area contributed by atoms with Gasteiger partial charge in [-0.05, 0) is 26.7 Å². The average molecular weight is 367 g/mol. The molecule has 2 heterocycles. The third kappa shape index (κ3) is 4.05. The first-order valence-electron chi connectivity index (χ1n) is 8.46. The highest BCUT2D eigenvalue weighted by molar-refractivity contribution is 6.02. The van der Waals surface area contributed by atoms with E-state index in [4.69, 9.17) is 14.2 Å². The molecule has 3 rings (SSSR count). The molecular weight excluding hydrogens is 342 g/mol. The summed E-state index contributed by atoms with van der Waals surface area (Å²) >= 11 is 0. The van der Waals surface area contributed by atoms with Gasteiger partial charge >= 0.3 is 18.0 Å². The van der Waals surface area contributed by atoms with Crippen molar-refractivity contribution in [3.05, 3.63) is 12.2 Å². The van der Waals surface area contributed by atoms with Crippen molar-refractivity contribution in [2.75, 3.05) is 13.7 Å². The number of carbonyl (C=O) groups excluding carboxylic acids is 4. The van der Waals surface area contributed by atoms with Crippen LogP contribution in [0.15, 0.2) is 12.2 Å². The van der Waals surface area contributed by atoms with Crippen LogP contribution in [0, 0.1) is 5.92 Å². The van der Waals surface area contributed by atoms with Crippen molar-refractivity contribution in [3.8, 4) is 0 Å². The van der Waals surface area contributed by atoms with Gasteiger partial charge in [-0.15, -0.1) is 0 Å². The van der Waals surface area contributed by atoms with Gasteiger partial charge in [0.2, 0.25) is 0 Å². The summed E-state index contributed by atoms with van der Waals surface area (Å²) in [7, 11) is 1.24. The van der Waals surface area contributed by atoms with Crippen LogP contribution in [0.2, 0.25) is 0 Å². The Morgan fingerprint density at radius 1 is 1.19 bits per heavy atom. The predicted molar refractivity (Wildman–Crippen MR) is 90.1 cm³/mol. The fraction of sp³-hybridized carbons (Fsp3) is 0.667. The Balaban J connectivity index is 2.32. The van der Waals surface area contributed by atoms with E-state index in [2.05, 4.69) is 0 Å². The Morgan fingerprint density at radius 3 is 2.35 bits per heavy atom. The summed E-state index contributed by atoms with van der Waals surface area (Å²) in [5.41, 5.74) is -2.36. The molecule has 8 nitrogen and oxygen atoms in total. The molecule has 3 atom stereocenters. The number of ketones is 1. The van der Waals surface area contributed by atoms with Gasteiger partial charge in [-0.1, -0.05) is 12.2 Å². The molecule has 144 valence electrons. The molecule has 0 saturated carbocycles. The molecule has 1 fully saturated rings. The third-order valence-electron chi connectivity index (χ3n) is 4.31. The zero-order valence-corrected chi connectivity index (χ0v) is 15.7. The van der Waals surface area contributed by atoms with Crippen molar-refractivity contribution in [1.82, 2.24) is 4.90 Å². The number of methoxy groups -OCH3 is 1. The first-order chi connectivity index (χ1) is 12.0. The van der Waals surface area contributed by atoms with E-state index >= 15 is 0 Å². The number of hydrogen-bond acceptors (Lipinski definition) is 7. The molecule has 0 aromatic carbocycles. The lowest BCUT2D eigenvalue weighted by Gasteiger charge is -2.51. The van der Waals surface area contributed by atoms with Crippen LogP contribution < -0.4 is 0 Å². The Morgan fingerprint density at radius 2 is 1.85 bits per heavy atom. The van der Waals surface area contributed by atoms with Gasteiger partial charge in [0, 0.05) is 19.9 Å². The molecule has 1 amide bonds. The maximum Gasteiger partial charge on any atom is 0.410 e. The number of piperidine rings is 1.